The molecule has 0 aromatic carbocycles. The van der Waals surface area contributed by atoms with E-state index in [2.05, 4.69) is 20.8 Å². The summed E-state index contributed by atoms with van der Waals surface area (Å²) in [7, 11) is 1.55. The molecule has 6 nitrogen and oxygen atoms in total. The third kappa shape index (κ3) is 2.57. The third-order valence-corrected chi connectivity index (χ3v) is 2.82. The van der Waals surface area contributed by atoms with Gasteiger partial charge in [-0.1, -0.05) is 5.16 Å². The molecular formula is C10H16N4O2. The summed E-state index contributed by atoms with van der Waals surface area (Å²) in [5, 5.41) is 9.41. The van der Waals surface area contributed by atoms with Gasteiger partial charge in [0, 0.05) is 13.5 Å². The predicted molar refractivity (Wildman–Crippen MR) is 57.0 cm³/mol. The average Bonchev–Trinajstić information content (AvgIpc) is 2.78. The van der Waals surface area contributed by atoms with E-state index in [1.54, 1.807) is 7.05 Å². The smallest absolute Gasteiger partial charge is 0.292 e. The number of amides is 1. The van der Waals surface area contributed by atoms with Gasteiger partial charge in [-0.05, 0) is 31.8 Å². The topological polar surface area (TPSA) is 80.0 Å². The molecule has 2 rings (SSSR count). The minimum absolute atomic E-state index is 0.117. The van der Waals surface area contributed by atoms with E-state index >= 15 is 0 Å². The first-order chi connectivity index (χ1) is 7.79. The van der Waals surface area contributed by atoms with E-state index in [4.69, 9.17) is 4.52 Å². The predicted octanol–water partition coefficient (Wildman–Crippen LogP) is -0.0287. The Hall–Kier alpha value is -1.43. The number of rotatable bonds is 3. The molecular weight excluding hydrogens is 208 g/mol. The lowest BCUT2D eigenvalue weighted by molar-refractivity contribution is 0.0950. The molecule has 1 amide bonds. The number of hydrogen-bond donors (Lipinski definition) is 2. The van der Waals surface area contributed by atoms with Crippen molar-refractivity contribution in [1.29, 1.82) is 0 Å². The molecule has 0 radical (unpaired) electrons. The summed E-state index contributed by atoms with van der Waals surface area (Å²) in [6.45, 7) is 2.09. The van der Waals surface area contributed by atoms with Gasteiger partial charge in [0.05, 0.1) is 0 Å². The van der Waals surface area contributed by atoms with E-state index in [1.165, 1.54) is 0 Å². The van der Waals surface area contributed by atoms with Gasteiger partial charge in [-0.25, -0.2) is 0 Å². The second kappa shape index (κ2) is 5.07. The van der Waals surface area contributed by atoms with E-state index in [0.717, 1.165) is 32.4 Å². The molecule has 0 bridgehead atoms. The Kier molecular flexibility index (Phi) is 3.51. The summed E-state index contributed by atoms with van der Waals surface area (Å²) in [5.41, 5.74) is 0. The molecule has 88 valence electrons. The Labute approximate surface area is 93.8 Å². The summed E-state index contributed by atoms with van der Waals surface area (Å²) < 4.78 is 5.05. The van der Waals surface area contributed by atoms with Crippen LogP contribution < -0.4 is 10.6 Å². The van der Waals surface area contributed by atoms with Crippen LogP contribution in [0, 0.1) is 5.92 Å². The van der Waals surface area contributed by atoms with Gasteiger partial charge in [0.15, 0.2) is 0 Å². The first-order valence-electron chi connectivity index (χ1n) is 5.55. The second-order valence-electron chi connectivity index (χ2n) is 3.99. The number of piperidine rings is 1. The average molecular weight is 224 g/mol. The van der Waals surface area contributed by atoms with Crippen molar-refractivity contribution in [2.75, 3.05) is 20.1 Å². The van der Waals surface area contributed by atoms with Crippen molar-refractivity contribution in [3.63, 3.8) is 0 Å². The molecule has 2 heterocycles. The Morgan fingerprint density at radius 1 is 1.56 bits per heavy atom. The van der Waals surface area contributed by atoms with Crippen molar-refractivity contribution in [3.8, 4) is 0 Å². The van der Waals surface area contributed by atoms with E-state index in [0.29, 0.717) is 11.8 Å². The number of nitrogens with one attached hydrogen (secondary N) is 2. The standard InChI is InChI=1S/C10H16N4O2/c1-11-10(15)9-13-8(16-14-9)6-7-2-4-12-5-3-7/h7,12H,2-6H2,1H3,(H,11,15). The summed E-state index contributed by atoms with van der Waals surface area (Å²) in [6, 6.07) is 0. The molecule has 1 aliphatic rings. The van der Waals surface area contributed by atoms with Crippen LogP contribution in [0.5, 0.6) is 0 Å². The van der Waals surface area contributed by atoms with Crippen LogP contribution in [-0.4, -0.2) is 36.2 Å². The van der Waals surface area contributed by atoms with E-state index in [1.807, 2.05) is 0 Å². The van der Waals surface area contributed by atoms with Gasteiger partial charge in [-0.2, -0.15) is 4.98 Å². The molecule has 1 aromatic heterocycles. The van der Waals surface area contributed by atoms with Crippen molar-refractivity contribution in [2.24, 2.45) is 5.92 Å². The highest BCUT2D eigenvalue weighted by molar-refractivity contribution is 5.89. The second-order valence-corrected chi connectivity index (χ2v) is 3.99. The SMILES string of the molecule is CNC(=O)c1noc(CC2CCNCC2)n1. The van der Waals surface area contributed by atoms with Crippen LogP contribution in [0.3, 0.4) is 0 Å². The summed E-state index contributed by atoms with van der Waals surface area (Å²) in [5.74, 6) is 0.955. The quantitative estimate of drug-likeness (QED) is 0.753. The van der Waals surface area contributed by atoms with E-state index in [-0.39, 0.29) is 11.7 Å². The van der Waals surface area contributed by atoms with Gasteiger partial charge in [-0.15, -0.1) is 0 Å². The van der Waals surface area contributed by atoms with Crippen LogP contribution in [0.15, 0.2) is 4.52 Å². The Balaban J connectivity index is 1.94. The molecule has 0 unspecified atom stereocenters. The Morgan fingerprint density at radius 3 is 3.00 bits per heavy atom. The molecule has 0 spiro atoms. The summed E-state index contributed by atoms with van der Waals surface area (Å²) >= 11 is 0. The number of carbonyl (C=O) groups excluding carboxylic acids is 1. The number of carbonyl (C=O) groups is 1. The lowest BCUT2D eigenvalue weighted by Crippen LogP contribution is -2.28. The van der Waals surface area contributed by atoms with Gasteiger partial charge >= 0.3 is 0 Å². The van der Waals surface area contributed by atoms with Gasteiger partial charge < -0.3 is 15.2 Å². The Bertz CT molecular complexity index is 357. The Morgan fingerprint density at radius 2 is 2.31 bits per heavy atom. The van der Waals surface area contributed by atoms with Crippen LogP contribution >= 0.6 is 0 Å². The number of aromatic nitrogens is 2. The normalized spacial score (nSPS) is 17.3. The maximum absolute atomic E-state index is 11.2. The number of hydrogen-bond acceptors (Lipinski definition) is 5. The first-order valence-corrected chi connectivity index (χ1v) is 5.55. The number of nitrogens with zero attached hydrogens (tertiary/aromatic N) is 2. The van der Waals surface area contributed by atoms with Crippen molar-refractivity contribution >= 4 is 5.91 Å². The molecule has 0 atom stereocenters. The van der Waals surface area contributed by atoms with Crippen molar-refractivity contribution < 1.29 is 9.32 Å². The largest absolute Gasteiger partial charge is 0.352 e. The highest BCUT2D eigenvalue weighted by Crippen LogP contribution is 2.16. The van der Waals surface area contributed by atoms with Crippen LogP contribution in [0.1, 0.15) is 29.4 Å². The van der Waals surface area contributed by atoms with E-state index < -0.39 is 0 Å². The zero-order chi connectivity index (χ0) is 11.4. The molecule has 0 saturated carbocycles. The monoisotopic (exact) mass is 224 g/mol. The summed E-state index contributed by atoms with van der Waals surface area (Å²) in [4.78, 5) is 15.3. The zero-order valence-electron chi connectivity index (χ0n) is 9.32. The first kappa shape index (κ1) is 11.1. The fraction of sp³-hybridized carbons (Fsp3) is 0.700. The highest BCUT2D eigenvalue weighted by Gasteiger charge is 2.18. The fourth-order valence-electron chi connectivity index (χ4n) is 1.87. The fourth-order valence-corrected chi connectivity index (χ4v) is 1.87. The van der Waals surface area contributed by atoms with Gasteiger partial charge in [0.1, 0.15) is 0 Å². The van der Waals surface area contributed by atoms with Crippen LogP contribution in [0.2, 0.25) is 0 Å². The van der Waals surface area contributed by atoms with Gasteiger partial charge in [0.25, 0.3) is 11.7 Å². The maximum Gasteiger partial charge on any atom is 0.292 e. The molecule has 1 fully saturated rings. The van der Waals surface area contributed by atoms with E-state index in [9.17, 15) is 4.79 Å². The zero-order valence-corrected chi connectivity index (χ0v) is 9.32. The molecule has 1 saturated heterocycles. The van der Waals surface area contributed by atoms with Crippen LogP contribution in [0.25, 0.3) is 0 Å². The minimum Gasteiger partial charge on any atom is -0.352 e. The third-order valence-electron chi connectivity index (χ3n) is 2.82. The van der Waals surface area contributed by atoms with Gasteiger partial charge in [0.2, 0.25) is 5.89 Å². The molecule has 1 aliphatic heterocycles. The summed E-state index contributed by atoms with van der Waals surface area (Å²) in [6.07, 6.45) is 3.01. The van der Waals surface area contributed by atoms with Crippen LogP contribution in [0.4, 0.5) is 0 Å². The molecule has 2 N–H and O–H groups in total. The van der Waals surface area contributed by atoms with Crippen molar-refractivity contribution in [3.05, 3.63) is 11.7 Å². The lowest BCUT2D eigenvalue weighted by atomic mass is 9.95. The van der Waals surface area contributed by atoms with Crippen molar-refractivity contribution in [2.45, 2.75) is 19.3 Å². The highest BCUT2D eigenvalue weighted by atomic mass is 16.5. The molecule has 0 aliphatic carbocycles. The van der Waals surface area contributed by atoms with Gasteiger partial charge in [-0.3, -0.25) is 4.79 Å². The molecule has 16 heavy (non-hydrogen) atoms. The van der Waals surface area contributed by atoms with Crippen molar-refractivity contribution in [1.82, 2.24) is 20.8 Å². The minimum atomic E-state index is -0.305. The maximum atomic E-state index is 11.2. The lowest BCUT2D eigenvalue weighted by Gasteiger charge is -2.20. The molecule has 1 aromatic rings. The van der Waals surface area contributed by atoms with Crippen LogP contribution in [-0.2, 0) is 6.42 Å². The molecule has 6 heteroatoms.